The van der Waals surface area contributed by atoms with Crippen molar-refractivity contribution in [2.24, 2.45) is 0 Å². The standard InChI is InChI=1S/C23H37N3O5S/c1-8-9-15(3)24-20(28)19(16-10-11-18(27)14(2)12-16)26(7)21(29)17(13-32)25-22(30)31-23(4,5)6/h10-12,15,17,19,27,32H,8-9,13H2,1-7H3,(H,24,28)(H,25,30). The predicted octanol–water partition coefficient (Wildman–Crippen LogP) is 3.33. The maximum absolute atomic E-state index is 13.2. The zero-order chi connectivity index (χ0) is 24.6. The van der Waals surface area contributed by atoms with Crippen LogP contribution >= 0.6 is 12.6 Å². The van der Waals surface area contributed by atoms with Crippen molar-refractivity contribution in [1.82, 2.24) is 15.5 Å². The molecule has 1 aromatic carbocycles. The summed E-state index contributed by atoms with van der Waals surface area (Å²) in [5.74, 6) is -0.708. The first kappa shape index (κ1) is 27.6. The molecule has 3 unspecified atom stereocenters. The minimum absolute atomic E-state index is 0.0254. The number of rotatable bonds is 9. The first-order chi connectivity index (χ1) is 14.8. The number of aromatic hydroxyl groups is 1. The number of phenolic OH excluding ortho intramolecular Hbond substituents is 1. The highest BCUT2D eigenvalue weighted by Crippen LogP contribution is 2.26. The van der Waals surface area contributed by atoms with Crippen LogP contribution in [0.25, 0.3) is 0 Å². The van der Waals surface area contributed by atoms with Gasteiger partial charge in [-0.05, 0) is 64.3 Å². The van der Waals surface area contributed by atoms with Crippen molar-refractivity contribution in [3.63, 3.8) is 0 Å². The van der Waals surface area contributed by atoms with Crippen LogP contribution < -0.4 is 10.6 Å². The first-order valence-corrected chi connectivity index (χ1v) is 11.4. The Morgan fingerprint density at radius 2 is 1.84 bits per heavy atom. The lowest BCUT2D eigenvalue weighted by Crippen LogP contribution is -2.53. The van der Waals surface area contributed by atoms with E-state index in [0.29, 0.717) is 11.1 Å². The van der Waals surface area contributed by atoms with Crippen LogP contribution in [0, 0.1) is 6.92 Å². The fraction of sp³-hybridized carbons (Fsp3) is 0.609. The monoisotopic (exact) mass is 467 g/mol. The van der Waals surface area contributed by atoms with E-state index in [0.717, 1.165) is 12.8 Å². The van der Waals surface area contributed by atoms with Gasteiger partial charge in [-0.2, -0.15) is 12.6 Å². The van der Waals surface area contributed by atoms with Crippen molar-refractivity contribution in [3.05, 3.63) is 29.3 Å². The van der Waals surface area contributed by atoms with Crippen molar-refractivity contribution in [2.45, 2.75) is 78.1 Å². The summed E-state index contributed by atoms with van der Waals surface area (Å²) in [4.78, 5) is 39.9. The summed E-state index contributed by atoms with van der Waals surface area (Å²) >= 11 is 4.20. The molecule has 0 fully saturated rings. The number of aryl methyl sites for hydroxylation is 1. The maximum Gasteiger partial charge on any atom is 0.408 e. The molecule has 0 aliphatic heterocycles. The highest BCUT2D eigenvalue weighted by Gasteiger charge is 2.34. The molecule has 0 aliphatic carbocycles. The van der Waals surface area contributed by atoms with Gasteiger partial charge in [0.25, 0.3) is 0 Å². The predicted molar refractivity (Wildman–Crippen MR) is 128 cm³/mol. The molecule has 3 N–H and O–H groups in total. The van der Waals surface area contributed by atoms with E-state index >= 15 is 0 Å². The number of alkyl carbamates (subject to hydrolysis) is 1. The summed E-state index contributed by atoms with van der Waals surface area (Å²) in [5, 5.41) is 15.4. The number of nitrogens with zero attached hydrogens (tertiary/aromatic N) is 1. The van der Waals surface area contributed by atoms with E-state index in [1.54, 1.807) is 39.8 Å². The van der Waals surface area contributed by atoms with Crippen LogP contribution in [0.2, 0.25) is 0 Å². The second-order valence-electron chi connectivity index (χ2n) is 8.98. The van der Waals surface area contributed by atoms with Gasteiger partial charge in [0.1, 0.15) is 23.4 Å². The molecule has 8 nitrogen and oxygen atoms in total. The van der Waals surface area contributed by atoms with E-state index in [2.05, 4.69) is 23.3 Å². The van der Waals surface area contributed by atoms with E-state index in [1.165, 1.54) is 18.0 Å². The van der Waals surface area contributed by atoms with Gasteiger partial charge < -0.3 is 25.4 Å². The van der Waals surface area contributed by atoms with Crippen molar-refractivity contribution >= 4 is 30.5 Å². The number of thiol groups is 1. The van der Waals surface area contributed by atoms with Crippen molar-refractivity contribution in [1.29, 1.82) is 0 Å². The normalized spacial score (nSPS) is 14.1. The van der Waals surface area contributed by atoms with Gasteiger partial charge in [-0.3, -0.25) is 9.59 Å². The van der Waals surface area contributed by atoms with Gasteiger partial charge in [-0.15, -0.1) is 0 Å². The lowest BCUT2D eigenvalue weighted by atomic mass is 10.0. The Morgan fingerprint density at radius 1 is 1.22 bits per heavy atom. The highest BCUT2D eigenvalue weighted by molar-refractivity contribution is 7.80. The molecule has 0 heterocycles. The summed E-state index contributed by atoms with van der Waals surface area (Å²) in [7, 11) is 1.51. The molecule has 1 aromatic rings. The average molecular weight is 468 g/mol. The smallest absolute Gasteiger partial charge is 0.408 e. The van der Waals surface area contributed by atoms with E-state index in [1.807, 2.05) is 13.8 Å². The molecule has 0 saturated carbocycles. The zero-order valence-electron chi connectivity index (χ0n) is 20.1. The third kappa shape index (κ3) is 8.26. The van der Waals surface area contributed by atoms with Crippen molar-refractivity contribution in [2.75, 3.05) is 12.8 Å². The molecule has 0 saturated heterocycles. The molecule has 3 atom stereocenters. The lowest BCUT2D eigenvalue weighted by Gasteiger charge is -2.32. The van der Waals surface area contributed by atoms with Gasteiger partial charge in [0.05, 0.1) is 0 Å². The van der Waals surface area contributed by atoms with Crippen LogP contribution in [0.3, 0.4) is 0 Å². The number of benzene rings is 1. The van der Waals surface area contributed by atoms with Gasteiger partial charge in [0.2, 0.25) is 11.8 Å². The Hall–Kier alpha value is -2.42. The molecule has 0 radical (unpaired) electrons. The molecular weight excluding hydrogens is 430 g/mol. The molecule has 3 amide bonds. The van der Waals surface area contributed by atoms with Crippen LogP contribution in [-0.2, 0) is 14.3 Å². The van der Waals surface area contributed by atoms with Crippen molar-refractivity contribution in [3.8, 4) is 5.75 Å². The number of ether oxygens (including phenoxy) is 1. The molecule has 1 rings (SSSR count). The zero-order valence-corrected chi connectivity index (χ0v) is 21.0. The Balaban J connectivity index is 3.20. The van der Waals surface area contributed by atoms with Crippen LogP contribution in [-0.4, -0.2) is 58.4 Å². The second kappa shape index (κ2) is 12.0. The molecule has 0 aliphatic rings. The number of phenols is 1. The third-order valence-corrected chi connectivity index (χ3v) is 5.17. The van der Waals surface area contributed by atoms with Gasteiger partial charge in [-0.1, -0.05) is 19.4 Å². The summed E-state index contributed by atoms with van der Waals surface area (Å²) < 4.78 is 5.24. The quantitative estimate of drug-likeness (QED) is 0.417. The molecule has 9 heteroatoms. The average Bonchev–Trinajstić information content (AvgIpc) is 2.67. The van der Waals surface area contributed by atoms with E-state index < -0.39 is 29.7 Å². The summed E-state index contributed by atoms with van der Waals surface area (Å²) in [6.07, 6.45) is 0.960. The molecule has 0 aromatic heterocycles. The van der Waals surface area contributed by atoms with E-state index in [-0.39, 0.29) is 23.5 Å². The lowest BCUT2D eigenvalue weighted by molar-refractivity contribution is -0.140. The molecule has 0 spiro atoms. The first-order valence-electron chi connectivity index (χ1n) is 10.8. The van der Waals surface area contributed by atoms with Gasteiger partial charge in [-0.25, -0.2) is 4.79 Å². The van der Waals surface area contributed by atoms with Crippen LogP contribution in [0.1, 0.15) is 64.6 Å². The fourth-order valence-corrected chi connectivity index (χ4v) is 3.48. The fourth-order valence-electron chi connectivity index (χ4n) is 3.23. The van der Waals surface area contributed by atoms with Gasteiger partial charge in [0.15, 0.2) is 0 Å². The Kier molecular flexibility index (Phi) is 10.3. The van der Waals surface area contributed by atoms with Crippen molar-refractivity contribution < 1.29 is 24.2 Å². The van der Waals surface area contributed by atoms with Gasteiger partial charge >= 0.3 is 6.09 Å². The Bertz CT molecular complexity index is 809. The number of carbonyl (C=O) groups excluding carboxylic acids is 3. The molecule has 180 valence electrons. The highest BCUT2D eigenvalue weighted by atomic mass is 32.1. The minimum Gasteiger partial charge on any atom is -0.508 e. The minimum atomic E-state index is -0.986. The number of amides is 3. The SMILES string of the molecule is CCCC(C)NC(=O)C(c1ccc(O)c(C)c1)N(C)C(=O)C(CS)NC(=O)OC(C)(C)C. The molecular formula is C23H37N3O5S. The van der Waals surface area contributed by atoms with E-state index in [9.17, 15) is 19.5 Å². The number of hydrogen-bond donors (Lipinski definition) is 4. The summed E-state index contributed by atoms with van der Waals surface area (Å²) in [5.41, 5.74) is 0.412. The largest absolute Gasteiger partial charge is 0.508 e. The topological polar surface area (TPSA) is 108 Å². The van der Waals surface area contributed by atoms with Gasteiger partial charge in [0, 0.05) is 18.8 Å². The van der Waals surface area contributed by atoms with Crippen LogP contribution in [0.5, 0.6) is 5.75 Å². The molecule has 32 heavy (non-hydrogen) atoms. The second-order valence-corrected chi connectivity index (χ2v) is 9.34. The number of hydrogen-bond acceptors (Lipinski definition) is 6. The maximum atomic E-state index is 13.2. The Labute approximate surface area is 196 Å². The summed E-state index contributed by atoms with van der Waals surface area (Å²) in [6.45, 7) is 10.8. The number of nitrogens with one attached hydrogen (secondary N) is 2. The third-order valence-electron chi connectivity index (χ3n) is 4.80. The summed E-state index contributed by atoms with van der Waals surface area (Å²) in [6, 6.07) is 2.76. The molecule has 0 bridgehead atoms. The van der Waals surface area contributed by atoms with Crippen LogP contribution in [0.4, 0.5) is 4.79 Å². The Morgan fingerprint density at radius 3 is 2.34 bits per heavy atom. The van der Waals surface area contributed by atoms with E-state index in [4.69, 9.17) is 4.74 Å². The van der Waals surface area contributed by atoms with Crippen LogP contribution in [0.15, 0.2) is 18.2 Å². The number of likely N-dealkylation sites (N-methyl/N-ethyl adjacent to an activating group) is 1. The number of carbonyl (C=O) groups is 3.